The predicted octanol–water partition coefficient (Wildman–Crippen LogP) is 3.29. The normalized spacial score (nSPS) is 22.1. The second kappa shape index (κ2) is 10.3. The Labute approximate surface area is 201 Å². The van der Waals surface area contributed by atoms with Crippen LogP contribution in [0.4, 0.5) is 0 Å². The topological polar surface area (TPSA) is 66.0 Å². The third-order valence-electron chi connectivity index (χ3n) is 6.27. The van der Waals surface area contributed by atoms with Gasteiger partial charge in [-0.3, -0.25) is 9.59 Å². The number of carbonyl (C=O) groups excluding carboxylic acids is 2. The Morgan fingerprint density at radius 1 is 1.19 bits per heavy atom. The van der Waals surface area contributed by atoms with E-state index in [1.165, 1.54) is 11.3 Å². The van der Waals surface area contributed by atoms with Gasteiger partial charge in [0.1, 0.15) is 16.7 Å². The number of amides is 2. The highest BCUT2D eigenvalue weighted by Gasteiger charge is 2.36. The van der Waals surface area contributed by atoms with Gasteiger partial charge in [-0.2, -0.15) is 0 Å². The van der Waals surface area contributed by atoms with Crippen LogP contribution in [0.2, 0.25) is 0 Å². The first-order valence-corrected chi connectivity index (χ1v) is 12.7. The minimum atomic E-state index is -0.118. The molecule has 0 unspecified atom stereocenters. The summed E-state index contributed by atoms with van der Waals surface area (Å²) in [6, 6.07) is 7.77. The number of hydrogen-bond acceptors (Lipinski definition) is 6. The molecule has 2 aromatic rings. The molecule has 1 aromatic carbocycles. The van der Waals surface area contributed by atoms with Crippen LogP contribution >= 0.6 is 27.3 Å². The number of likely N-dealkylation sites (N-methyl/N-ethyl adjacent to an activating group) is 1. The van der Waals surface area contributed by atoms with E-state index in [2.05, 4.69) is 32.9 Å². The van der Waals surface area contributed by atoms with Gasteiger partial charge in [-0.05, 0) is 32.2 Å². The fraction of sp³-hybridized carbons (Fsp3) is 0.522. The van der Waals surface area contributed by atoms with Gasteiger partial charge in [0, 0.05) is 62.5 Å². The van der Waals surface area contributed by atoms with Gasteiger partial charge in [0.25, 0.3) is 5.91 Å². The number of nitrogens with zero attached hydrogens (tertiary/aromatic N) is 4. The van der Waals surface area contributed by atoms with Crippen LogP contribution in [0.15, 0.2) is 34.2 Å². The number of benzene rings is 1. The van der Waals surface area contributed by atoms with Crippen molar-refractivity contribution in [3.63, 3.8) is 0 Å². The molecule has 32 heavy (non-hydrogen) atoms. The highest BCUT2D eigenvalue weighted by molar-refractivity contribution is 9.10. The SMILES string of the molecule is Cc1ncsc1C(=O)N1CC[C@H](Oc2cccc(Br)c2)[C@@H](CC(=O)N2CCN(C)CC2)C1. The molecule has 2 amide bonds. The maximum atomic E-state index is 13.1. The summed E-state index contributed by atoms with van der Waals surface area (Å²) in [7, 11) is 2.08. The summed E-state index contributed by atoms with van der Waals surface area (Å²) < 4.78 is 7.29. The molecule has 9 heteroatoms. The molecule has 3 heterocycles. The minimum absolute atomic E-state index is 0.00273. The Balaban J connectivity index is 1.48. The van der Waals surface area contributed by atoms with E-state index in [1.807, 2.05) is 41.0 Å². The number of rotatable bonds is 5. The van der Waals surface area contributed by atoms with Crippen molar-refractivity contribution in [1.29, 1.82) is 0 Å². The average Bonchev–Trinajstić information content (AvgIpc) is 3.20. The molecular formula is C23H29BrN4O3S. The van der Waals surface area contributed by atoms with Crippen molar-refractivity contribution >= 4 is 39.1 Å². The summed E-state index contributed by atoms with van der Waals surface area (Å²) in [6.45, 7) is 6.26. The van der Waals surface area contributed by atoms with Crippen LogP contribution in [0.3, 0.4) is 0 Å². The summed E-state index contributed by atoms with van der Waals surface area (Å²) in [5, 5.41) is 0. The van der Waals surface area contributed by atoms with Crippen LogP contribution in [-0.2, 0) is 4.79 Å². The zero-order valence-corrected chi connectivity index (χ0v) is 20.9. The van der Waals surface area contributed by atoms with Crippen LogP contribution in [0.25, 0.3) is 0 Å². The van der Waals surface area contributed by atoms with Crippen molar-refractivity contribution in [2.75, 3.05) is 46.3 Å². The zero-order valence-electron chi connectivity index (χ0n) is 18.5. The quantitative estimate of drug-likeness (QED) is 0.605. The van der Waals surface area contributed by atoms with Crippen molar-refractivity contribution in [2.45, 2.75) is 25.9 Å². The fourth-order valence-corrected chi connectivity index (χ4v) is 5.47. The second-order valence-electron chi connectivity index (χ2n) is 8.57. The smallest absolute Gasteiger partial charge is 0.265 e. The molecule has 0 saturated carbocycles. The van der Waals surface area contributed by atoms with Gasteiger partial charge in [0.2, 0.25) is 5.91 Å². The summed E-state index contributed by atoms with van der Waals surface area (Å²) >= 11 is 4.87. The van der Waals surface area contributed by atoms with Gasteiger partial charge < -0.3 is 19.4 Å². The molecule has 2 fully saturated rings. The highest BCUT2D eigenvalue weighted by Crippen LogP contribution is 2.29. The minimum Gasteiger partial charge on any atom is -0.490 e. The number of hydrogen-bond donors (Lipinski definition) is 0. The molecule has 0 N–H and O–H groups in total. The van der Waals surface area contributed by atoms with Crippen LogP contribution in [-0.4, -0.2) is 83.9 Å². The number of halogens is 1. The lowest BCUT2D eigenvalue weighted by molar-refractivity contribution is -0.135. The number of aryl methyl sites for hydroxylation is 1. The van der Waals surface area contributed by atoms with E-state index >= 15 is 0 Å². The van der Waals surface area contributed by atoms with Gasteiger partial charge in [0.15, 0.2) is 0 Å². The molecule has 2 atom stereocenters. The van der Waals surface area contributed by atoms with Crippen molar-refractivity contribution < 1.29 is 14.3 Å². The number of likely N-dealkylation sites (tertiary alicyclic amines) is 1. The molecule has 2 aliphatic rings. The summed E-state index contributed by atoms with van der Waals surface area (Å²) in [5.41, 5.74) is 2.47. The van der Waals surface area contributed by atoms with E-state index in [4.69, 9.17) is 4.74 Å². The van der Waals surface area contributed by atoms with Crippen LogP contribution in [0, 0.1) is 12.8 Å². The monoisotopic (exact) mass is 520 g/mol. The van der Waals surface area contributed by atoms with Gasteiger partial charge in [-0.25, -0.2) is 4.98 Å². The van der Waals surface area contributed by atoms with Gasteiger partial charge in [-0.15, -0.1) is 11.3 Å². The van der Waals surface area contributed by atoms with E-state index in [9.17, 15) is 9.59 Å². The first-order chi connectivity index (χ1) is 15.4. The standard InChI is InChI=1S/C23H29BrN4O3S/c1-16-22(32-15-25-16)23(30)28-7-6-20(31-19-5-3-4-18(24)13-19)17(14-28)12-21(29)27-10-8-26(2)9-11-27/h3-5,13,15,17,20H,6-12,14H2,1-2H3/t17-,20-/m0/s1. The van der Waals surface area contributed by atoms with Crippen molar-refractivity contribution in [1.82, 2.24) is 19.7 Å². The van der Waals surface area contributed by atoms with Crippen LogP contribution in [0.1, 0.15) is 28.2 Å². The highest BCUT2D eigenvalue weighted by atomic mass is 79.9. The molecule has 1 aromatic heterocycles. The lowest BCUT2D eigenvalue weighted by Gasteiger charge is -2.39. The maximum Gasteiger partial charge on any atom is 0.265 e. The molecular weight excluding hydrogens is 492 g/mol. The summed E-state index contributed by atoms with van der Waals surface area (Å²) in [4.78, 5) is 37.2. The van der Waals surface area contributed by atoms with E-state index in [0.29, 0.717) is 30.8 Å². The number of piperidine rings is 1. The maximum absolute atomic E-state index is 13.1. The van der Waals surface area contributed by atoms with Crippen molar-refractivity contribution in [2.24, 2.45) is 5.92 Å². The van der Waals surface area contributed by atoms with Crippen molar-refractivity contribution in [3.8, 4) is 5.75 Å². The van der Waals surface area contributed by atoms with Gasteiger partial charge >= 0.3 is 0 Å². The number of ether oxygens (including phenoxy) is 1. The van der Waals surface area contributed by atoms with Crippen molar-refractivity contribution in [3.05, 3.63) is 44.8 Å². The van der Waals surface area contributed by atoms with Crippen LogP contribution in [0.5, 0.6) is 5.75 Å². The lowest BCUT2D eigenvalue weighted by atomic mass is 9.90. The third kappa shape index (κ3) is 5.50. The zero-order chi connectivity index (χ0) is 22.7. The molecule has 2 saturated heterocycles. The van der Waals surface area contributed by atoms with Gasteiger partial charge in [0.05, 0.1) is 11.2 Å². The summed E-state index contributed by atoms with van der Waals surface area (Å²) in [5.74, 6) is 0.865. The molecule has 172 valence electrons. The Morgan fingerprint density at radius 2 is 1.97 bits per heavy atom. The number of thiazole rings is 1. The summed E-state index contributed by atoms with van der Waals surface area (Å²) in [6.07, 6.45) is 0.956. The van der Waals surface area contributed by atoms with E-state index in [0.717, 1.165) is 42.1 Å². The molecule has 0 aliphatic carbocycles. The van der Waals surface area contributed by atoms with E-state index in [-0.39, 0.29) is 23.8 Å². The second-order valence-corrected chi connectivity index (χ2v) is 10.3. The molecule has 0 bridgehead atoms. The lowest BCUT2D eigenvalue weighted by Crippen LogP contribution is -2.51. The van der Waals surface area contributed by atoms with Crippen LogP contribution < -0.4 is 4.74 Å². The predicted molar refractivity (Wildman–Crippen MR) is 128 cm³/mol. The number of piperazine rings is 1. The fourth-order valence-electron chi connectivity index (χ4n) is 4.32. The Bertz CT molecular complexity index is 960. The van der Waals surface area contributed by atoms with E-state index < -0.39 is 0 Å². The molecule has 0 radical (unpaired) electrons. The Hall–Kier alpha value is -1.97. The first-order valence-electron chi connectivity index (χ1n) is 11.0. The number of carbonyl (C=O) groups is 2. The Kier molecular flexibility index (Phi) is 7.48. The average molecular weight is 521 g/mol. The molecule has 7 nitrogen and oxygen atoms in total. The van der Waals surface area contributed by atoms with E-state index in [1.54, 1.807) is 5.51 Å². The molecule has 0 spiro atoms. The number of aromatic nitrogens is 1. The molecule has 4 rings (SSSR count). The largest absolute Gasteiger partial charge is 0.490 e. The van der Waals surface area contributed by atoms with Gasteiger partial charge in [-0.1, -0.05) is 22.0 Å². The Morgan fingerprint density at radius 3 is 2.66 bits per heavy atom. The molecule has 2 aliphatic heterocycles. The third-order valence-corrected chi connectivity index (χ3v) is 7.68. The first kappa shape index (κ1) is 23.2.